The van der Waals surface area contributed by atoms with Crippen molar-refractivity contribution in [3.05, 3.63) is 0 Å². The van der Waals surface area contributed by atoms with Crippen molar-refractivity contribution < 1.29 is 15.0 Å². The maximum Gasteiger partial charge on any atom is 0.220 e. The zero-order chi connectivity index (χ0) is 12.9. The highest BCUT2D eigenvalue weighted by Crippen LogP contribution is 2.08. The summed E-state index contributed by atoms with van der Waals surface area (Å²) in [6, 6.07) is -0.507. The summed E-state index contributed by atoms with van der Waals surface area (Å²) in [5.41, 5.74) is 0. The van der Waals surface area contributed by atoms with Gasteiger partial charge in [0.05, 0.1) is 19.3 Å². The van der Waals surface area contributed by atoms with Gasteiger partial charge in [-0.15, -0.1) is 0 Å². The molecule has 0 heterocycles. The molecule has 1 amide bonds. The van der Waals surface area contributed by atoms with Crippen LogP contribution < -0.4 is 5.32 Å². The predicted molar refractivity (Wildman–Crippen MR) is 68.7 cm³/mol. The van der Waals surface area contributed by atoms with Crippen LogP contribution in [0.15, 0.2) is 0 Å². The van der Waals surface area contributed by atoms with Crippen LogP contribution in [0, 0.1) is 0 Å². The van der Waals surface area contributed by atoms with Gasteiger partial charge in [0.25, 0.3) is 0 Å². The molecule has 0 rings (SSSR count). The zero-order valence-corrected chi connectivity index (χ0v) is 11.0. The molecule has 0 aromatic heterocycles. The van der Waals surface area contributed by atoms with Crippen molar-refractivity contribution in [2.75, 3.05) is 13.2 Å². The molecule has 0 unspecified atom stereocenters. The Balaban J connectivity index is 3.33. The lowest BCUT2D eigenvalue weighted by molar-refractivity contribution is -0.122. The lowest BCUT2D eigenvalue weighted by Crippen LogP contribution is -2.39. The molecule has 4 nitrogen and oxygen atoms in total. The summed E-state index contributed by atoms with van der Waals surface area (Å²) >= 11 is 0. The average Bonchev–Trinajstić information content (AvgIpc) is 2.34. The molecule has 102 valence electrons. The molecule has 17 heavy (non-hydrogen) atoms. The molecule has 0 aliphatic heterocycles. The maximum atomic E-state index is 11.4. The van der Waals surface area contributed by atoms with Gasteiger partial charge in [-0.05, 0) is 6.42 Å². The van der Waals surface area contributed by atoms with Crippen molar-refractivity contribution >= 4 is 5.91 Å². The molecule has 3 N–H and O–H groups in total. The summed E-state index contributed by atoms with van der Waals surface area (Å²) in [5, 5.41) is 20.2. The monoisotopic (exact) mass is 245 g/mol. The van der Waals surface area contributed by atoms with Crippen LogP contribution in [0.4, 0.5) is 0 Å². The van der Waals surface area contributed by atoms with E-state index in [1.165, 1.54) is 32.1 Å². The van der Waals surface area contributed by atoms with Crippen LogP contribution in [-0.4, -0.2) is 35.4 Å². The van der Waals surface area contributed by atoms with Crippen molar-refractivity contribution in [3.8, 4) is 0 Å². The first-order valence-electron chi connectivity index (χ1n) is 6.75. The van der Waals surface area contributed by atoms with Gasteiger partial charge < -0.3 is 15.5 Å². The minimum atomic E-state index is -0.507. The molecule has 0 fully saturated rings. The summed E-state index contributed by atoms with van der Waals surface area (Å²) in [6.07, 6.45) is 8.76. The number of amides is 1. The first-order valence-corrected chi connectivity index (χ1v) is 6.75. The number of hydrogen-bond donors (Lipinski definition) is 3. The van der Waals surface area contributed by atoms with Gasteiger partial charge in [-0.25, -0.2) is 0 Å². The molecule has 0 aromatic rings. The first kappa shape index (κ1) is 16.4. The van der Waals surface area contributed by atoms with Gasteiger partial charge in [-0.1, -0.05) is 45.4 Å². The van der Waals surface area contributed by atoms with Crippen molar-refractivity contribution in [1.82, 2.24) is 5.32 Å². The van der Waals surface area contributed by atoms with Crippen LogP contribution in [-0.2, 0) is 4.79 Å². The lowest BCUT2D eigenvalue weighted by Gasteiger charge is -2.12. The second-order valence-corrected chi connectivity index (χ2v) is 4.50. The van der Waals surface area contributed by atoms with Gasteiger partial charge in [0.2, 0.25) is 5.91 Å². The van der Waals surface area contributed by atoms with Crippen LogP contribution in [0.5, 0.6) is 0 Å². The second kappa shape index (κ2) is 11.9. The van der Waals surface area contributed by atoms with E-state index >= 15 is 0 Å². The Morgan fingerprint density at radius 1 is 1.00 bits per heavy atom. The fraction of sp³-hybridized carbons (Fsp3) is 0.923. The molecular formula is C13H27NO3. The van der Waals surface area contributed by atoms with E-state index < -0.39 is 6.04 Å². The Kier molecular flexibility index (Phi) is 11.4. The Bertz CT molecular complexity index is 182. The molecule has 0 aliphatic rings. The topological polar surface area (TPSA) is 69.6 Å². The Hall–Kier alpha value is -0.610. The van der Waals surface area contributed by atoms with Crippen molar-refractivity contribution in [3.63, 3.8) is 0 Å². The molecule has 0 aliphatic carbocycles. The molecular weight excluding hydrogens is 218 g/mol. The number of hydrogen-bond acceptors (Lipinski definition) is 3. The van der Waals surface area contributed by atoms with Gasteiger partial charge in [0, 0.05) is 6.42 Å². The van der Waals surface area contributed by atoms with E-state index in [0.717, 1.165) is 12.8 Å². The van der Waals surface area contributed by atoms with Crippen LogP contribution in [0.3, 0.4) is 0 Å². The Morgan fingerprint density at radius 2 is 1.53 bits per heavy atom. The summed E-state index contributed by atoms with van der Waals surface area (Å²) in [5.74, 6) is -0.0772. The highest BCUT2D eigenvalue weighted by Gasteiger charge is 2.09. The van der Waals surface area contributed by atoms with Crippen molar-refractivity contribution in [2.45, 2.75) is 64.3 Å². The average molecular weight is 245 g/mol. The van der Waals surface area contributed by atoms with Gasteiger partial charge >= 0.3 is 0 Å². The minimum absolute atomic E-state index is 0.0772. The second-order valence-electron chi connectivity index (χ2n) is 4.50. The molecule has 0 spiro atoms. The number of aliphatic hydroxyl groups is 2. The number of carbonyl (C=O) groups excluding carboxylic acids is 1. The minimum Gasteiger partial charge on any atom is -0.394 e. The molecule has 0 radical (unpaired) electrons. The summed E-state index contributed by atoms with van der Waals surface area (Å²) in [4.78, 5) is 11.4. The number of nitrogens with one attached hydrogen (secondary N) is 1. The molecule has 0 aromatic carbocycles. The third-order valence-corrected chi connectivity index (χ3v) is 2.81. The predicted octanol–water partition coefficient (Wildman–Crippen LogP) is 1.60. The first-order chi connectivity index (χ1) is 8.24. The largest absolute Gasteiger partial charge is 0.394 e. The highest BCUT2D eigenvalue weighted by molar-refractivity contribution is 5.76. The van der Waals surface area contributed by atoms with Gasteiger partial charge in [-0.3, -0.25) is 4.79 Å². The van der Waals surface area contributed by atoms with Crippen molar-refractivity contribution in [1.29, 1.82) is 0 Å². The molecule has 0 saturated carbocycles. The van der Waals surface area contributed by atoms with Gasteiger partial charge in [0.15, 0.2) is 0 Å². The van der Waals surface area contributed by atoms with Gasteiger partial charge in [-0.2, -0.15) is 0 Å². The van der Waals surface area contributed by atoms with Crippen LogP contribution in [0.25, 0.3) is 0 Å². The fourth-order valence-electron chi connectivity index (χ4n) is 1.69. The smallest absolute Gasteiger partial charge is 0.220 e. The summed E-state index contributed by atoms with van der Waals surface area (Å²) in [7, 11) is 0. The molecule has 0 atom stereocenters. The maximum absolute atomic E-state index is 11.4. The fourth-order valence-corrected chi connectivity index (χ4v) is 1.69. The summed E-state index contributed by atoms with van der Waals surface area (Å²) in [6.45, 7) is 1.78. The number of carbonyl (C=O) groups is 1. The van der Waals surface area contributed by atoms with E-state index in [9.17, 15) is 4.79 Å². The van der Waals surface area contributed by atoms with E-state index in [4.69, 9.17) is 10.2 Å². The van der Waals surface area contributed by atoms with E-state index in [1.54, 1.807) is 0 Å². The number of rotatable bonds is 11. The van der Waals surface area contributed by atoms with Gasteiger partial charge in [0.1, 0.15) is 0 Å². The third kappa shape index (κ3) is 10.3. The SMILES string of the molecule is CCCCCCCCCC(=O)NC(CO)CO. The number of unbranched alkanes of at least 4 members (excludes halogenated alkanes) is 6. The lowest BCUT2D eigenvalue weighted by atomic mass is 10.1. The summed E-state index contributed by atoms with van der Waals surface area (Å²) < 4.78 is 0. The van der Waals surface area contributed by atoms with Crippen LogP contribution in [0.1, 0.15) is 58.3 Å². The molecule has 4 heteroatoms. The molecule has 0 bridgehead atoms. The van der Waals surface area contributed by atoms with Crippen LogP contribution >= 0.6 is 0 Å². The highest BCUT2D eigenvalue weighted by atomic mass is 16.3. The van der Waals surface area contributed by atoms with Crippen molar-refractivity contribution in [2.24, 2.45) is 0 Å². The normalized spacial score (nSPS) is 10.8. The number of aliphatic hydroxyl groups excluding tert-OH is 2. The zero-order valence-electron chi connectivity index (χ0n) is 11.0. The third-order valence-electron chi connectivity index (χ3n) is 2.81. The van der Waals surface area contributed by atoms with Crippen LogP contribution in [0.2, 0.25) is 0 Å². The molecule has 0 saturated heterocycles. The Morgan fingerprint density at radius 3 is 2.06 bits per heavy atom. The van der Waals surface area contributed by atoms with E-state index in [0.29, 0.717) is 6.42 Å². The standard InChI is InChI=1S/C13H27NO3/c1-2-3-4-5-6-7-8-9-13(17)14-12(10-15)11-16/h12,15-16H,2-11H2,1H3,(H,14,17). The Labute approximate surface area is 104 Å². The quantitative estimate of drug-likeness (QED) is 0.484. The van der Waals surface area contributed by atoms with E-state index in [1.807, 2.05) is 0 Å². The van der Waals surface area contributed by atoms with E-state index in [2.05, 4.69) is 12.2 Å². The van der Waals surface area contributed by atoms with E-state index in [-0.39, 0.29) is 19.1 Å².